The molecule has 10 heteroatoms. The van der Waals surface area contributed by atoms with Crippen molar-refractivity contribution >= 4 is 22.9 Å². The Morgan fingerprint density at radius 2 is 1.60 bits per heavy atom. The number of carbonyl (C=O) groups is 1. The molecule has 6 rings (SSSR count). The number of nitrogens with one attached hydrogen (secondary N) is 1. The van der Waals surface area contributed by atoms with Gasteiger partial charge in [0, 0.05) is 25.2 Å². The molecule has 0 atom stereocenters. The van der Waals surface area contributed by atoms with Gasteiger partial charge in [-0.15, -0.1) is 0 Å². The predicted molar refractivity (Wildman–Crippen MR) is 169 cm³/mol. The average Bonchev–Trinajstić information content (AvgIpc) is 3.44. The minimum absolute atomic E-state index is 0.145. The average molecular weight is 586 g/mol. The number of aromatic nitrogens is 4. The summed E-state index contributed by atoms with van der Waals surface area (Å²) in [5.74, 6) is 2.72. The fraction of sp³-hybridized carbons (Fsp3) is 0.455. The van der Waals surface area contributed by atoms with Crippen LogP contribution in [0.15, 0.2) is 60.9 Å². The number of H-pyrrole nitrogens is 1. The van der Waals surface area contributed by atoms with Gasteiger partial charge in [0.1, 0.15) is 29.2 Å². The molecule has 1 amide bonds. The summed E-state index contributed by atoms with van der Waals surface area (Å²) in [7, 11) is 0. The fourth-order valence-electron chi connectivity index (χ4n) is 5.53. The number of fused-ring (bicyclic) bond motifs is 1. The summed E-state index contributed by atoms with van der Waals surface area (Å²) in [6.45, 7) is 11.2. The molecule has 2 aliphatic rings. The van der Waals surface area contributed by atoms with Gasteiger partial charge in [-0.25, -0.2) is 14.8 Å². The molecule has 0 unspecified atom stereocenters. The number of nitrogens with zero attached hydrogens (tertiary/aromatic N) is 5. The molecule has 3 N–H and O–H groups in total. The van der Waals surface area contributed by atoms with Crippen molar-refractivity contribution in [2.45, 2.75) is 58.5 Å². The monoisotopic (exact) mass is 585 g/mol. The molecule has 2 aromatic heterocycles. The molecule has 0 spiro atoms. The van der Waals surface area contributed by atoms with Gasteiger partial charge in [-0.05, 0) is 102 Å². The van der Waals surface area contributed by atoms with Crippen LogP contribution in [-0.4, -0.2) is 74.4 Å². The number of rotatable bonds is 5. The highest BCUT2D eigenvalue weighted by atomic mass is 16.6. The summed E-state index contributed by atoms with van der Waals surface area (Å²) in [5, 5.41) is 7.85. The standard InChI is InChI=1S/C17H13N5O.C16H30N2O2/c18-16-14-15(21-22-17(14)20-10-19-16)11-6-8-13(9-7-11)23-12-4-2-1-3-5-12;1-16(2,3)20-15(19)18-11-7-14(8-12-18)13-17-9-5-4-6-10-17/h1-10H,(H3,18,19,20,21,22);14H,4-13H2,1-3H3. The van der Waals surface area contributed by atoms with Crippen LogP contribution in [0.2, 0.25) is 0 Å². The van der Waals surface area contributed by atoms with Gasteiger partial charge >= 0.3 is 6.09 Å². The number of benzene rings is 2. The molecule has 2 fully saturated rings. The van der Waals surface area contributed by atoms with Crippen molar-refractivity contribution in [3.8, 4) is 22.8 Å². The molecule has 10 nitrogen and oxygen atoms in total. The van der Waals surface area contributed by atoms with E-state index in [-0.39, 0.29) is 11.7 Å². The summed E-state index contributed by atoms with van der Waals surface area (Å²) < 4.78 is 11.2. The first-order valence-corrected chi connectivity index (χ1v) is 15.2. The number of nitrogen functional groups attached to an aromatic ring is 1. The number of hydrogen-bond donors (Lipinski definition) is 2. The molecule has 2 aromatic carbocycles. The van der Waals surface area contributed by atoms with E-state index in [0.717, 1.165) is 60.0 Å². The Bertz CT molecular complexity index is 1450. The van der Waals surface area contributed by atoms with Crippen LogP contribution in [0, 0.1) is 5.92 Å². The van der Waals surface area contributed by atoms with Crippen LogP contribution < -0.4 is 10.5 Å². The first-order chi connectivity index (χ1) is 20.7. The van der Waals surface area contributed by atoms with Crippen LogP contribution in [-0.2, 0) is 4.74 Å². The van der Waals surface area contributed by atoms with E-state index < -0.39 is 0 Å². The highest BCUT2D eigenvalue weighted by molar-refractivity contribution is 5.97. The van der Waals surface area contributed by atoms with E-state index in [9.17, 15) is 4.79 Å². The number of hydrogen-bond acceptors (Lipinski definition) is 8. The number of amides is 1. The van der Waals surface area contributed by atoms with E-state index >= 15 is 0 Å². The minimum Gasteiger partial charge on any atom is -0.457 e. The number of piperidine rings is 2. The van der Waals surface area contributed by atoms with Crippen molar-refractivity contribution < 1.29 is 14.3 Å². The number of likely N-dealkylation sites (tertiary alicyclic amines) is 2. The van der Waals surface area contributed by atoms with E-state index in [2.05, 4.69) is 25.1 Å². The molecule has 2 aliphatic heterocycles. The Hall–Kier alpha value is -4.18. The zero-order chi connectivity index (χ0) is 30.2. The zero-order valence-electron chi connectivity index (χ0n) is 25.5. The third-order valence-electron chi connectivity index (χ3n) is 7.73. The lowest BCUT2D eigenvalue weighted by Gasteiger charge is -2.36. The van der Waals surface area contributed by atoms with Crippen molar-refractivity contribution in [2.75, 3.05) is 38.5 Å². The molecule has 43 heavy (non-hydrogen) atoms. The smallest absolute Gasteiger partial charge is 0.410 e. The van der Waals surface area contributed by atoms with E-state index in [0.29, 0.717) is 11.5 Å². The Morgan fingerprint density at radius 3 is 2.28 bits per heavy atom. The fourth-order valence-corrected chi connectivity index (χ4v) is 5.53. The summed E-state index contributed by atoms with van der Waals surface area (Å²) in [5.41, 5.74) is 7.84. The molecular weight excluding hydrogens is 542 g/mol. The van der Waals surface area contributed by atoms with Gasteiger partial charge < -0.3 is 25.0 Å². The lowest BCUT2D eigenvalue weighted by molar-refractivity contribution is 0.0167. The van der Waals surface area contributed by atoms with Gasteiger partial charge in [-0.1, -0.05) is 24.6 Å². The maximum atomic E-state index is 12.0. The number of para-hydroxylation sites is 1. The van der Waals surface area contributed by atoms with Crippen LogP contribution in [0.1, 0.15) is 52.9 Å². The highest BCUT2D eigenvalue weighted by Crippen LogP contribution is 2.30. The summed E-state index contributed by atoms with van der Waals surface area (Å²) in [6, 6.07) is 17.3. The second-order valence-corrected chi connectivity index (χ2v) is 12.3. The zero-order valence-corrected chi connectivity index (χ0v) is 25.5. The lowest BCUT2D eigenvalue weighted by atomic mass is 9.95. The SMILES string of the molecule is CC(C)(C)OC(=O)N1CCC(CN2CCCCC2)CC1.Nc1ncnc2n[nH]c(-c3ccc(Oc4ccccc4)cc3)c12. The molecule has 0 radical (unpaired) electrons. The van der Waals surface area contributed by atoms with Crippen molar-refractivity contribution in [2.24, 2.45) is 5.92 Å². The second-order valence-electron chi connectivity index (χ2n) is 12.3. The molecule has 2 saturated heterocycles. The van der Waals surface area contributed by atoms with Crippen LogP contribution in [0.4, 0.5) is 10.6 Å². The molecular formula is C33H43N7O3. The highest BCUT2D eigenvalue weighted by Gasteiger charge is 2.28. The topological polar surface area (TPSA) is 122 Å². The van der Waals surface area contributed by atoms with Gasteiger partial charge in [0.05, 0.1) is 11.1 Å². The van der Waals surface area contributed by atoms with Crippen molar-refractivity contribution in [3.63, 3.8) is 0 Å². The predicted octanol–water partition coefficient (Wildman–Crippen LogP) is 6.51. The molecule has 4 aromatic rings. The van der Waals surface area contributed by atoms with Crippen LogP contribution >= 0.6 is 0 Å². The first-order valence-electron chi connectivity index (χ1n) is 15.2. The Kier molecular flexibility index (Phi) is 9.76. The van der Waals surface area contributed by atoms with E-state index in [4.69, 9.17) is 15.2 Å². The molecule has 0 saturated carbocycles. The second kappa shape index (κ2) is 13.9. The molecule has 228 valence electrons. The number of nitrogens with two attached hydrogens (primary N) is 1. The maximum absolute atomic E-state index is 12.0. The lowest BCUT2D eigenvalue weighted by Crippen LogP contribution is -2.44. The van der Waals surface area contributed by atoms with Crippen LogP contribution in [0.5, 0.6) is 11.5 Å². The number of anilines is 1. The van der Waals surface area contributed by atoms with Gasteiger partial charge in [-0.2, -0.15) is 5.10 Å². The summed E-state index contributed by atoms with van der Waals surface area (Å²) >= 11 is 0. The van der Waals surface area contributed by atoms with Crippen molar-refractivity contribution in [1.82, 2.24) is 30.0 Å². The van der Waals surface area contributed by atoms with Gasteiger partial charge in [-0.3, -0.25) is 5.10 Å². The normalized spacial score (nSPS) is 16.4. The van der Waals surface area contributed by atoms with Gasteiger partial charge in [0.25, 0.3) is 0 Å². The van der Waals surface area contributed by atoms with E-state index in [1.807, 2.05) is 80.3 Å². The minimum atomic E-state index is -0.387. The Labute approximate surface area is 253 Å². The quantitative estimate of drug-likeness (QED) is 0.272. The molecule has 4 heterocycles. The van der Waals surface area contributed by atoms with Crippen molar-refractivity contribution in [1.29, 1.82) is 0 Å². The summed E-state index contributed by atoms with van der Waals surface area (Å²) in [6.07, 6.45) is 7.61. The van der Waals surface area contributed by atoms with E-state index in [1.165, 1.54) is 45.2 Å². The van der Waals surface area contributed by atoms with Gasteiger partial charge in [0.2, 0.25) is 0 Å². The Morgan fingerprint density at radius 1 is 0.930 bits per heavy atom. The summed E-state index contributed by atoms with van der Waals surface area (Å²) in [4.78, 5) is 24.6. The molecule has 0 aliphatic carbocycles. The molecule has 0 bridgehead atoms. The van der Waals surface area contributed by atoms with Crippen LogP contribution in [0.25, 0.3) is 22.3 Å². The van der Waals surface area contributed by atoms with Crippen molar-refractivity contribution in [3.05, 3.63) is 60.9 Å². The van der Waals surface area contributed by atoms with Crippen LogP contribution in [0.3, 0.4) is 0 Å². The number of aromatic amines is 1. The van der Waals surface area contributed by atoms with Gasteiger partial charge in [0.15, 0.2) is 5.65 Å². The van der Waals surface area contributed by atoms with E-state index in [1.54, 1.807) is 0 Å². The number of carbonyl (C=O) groups excluding carboxylic acids is 1. The Balaban J connectivity index is 0.000000173. The number of ether oxygens (including phenoxy) is 2. The third-order valence-corrected chi connectivity index (χ3v) is 7.73. The largest absolute Gasteiger partial charge is 0.457 e. The maximum Gasteiger partial charge on any atom is 0.410 e. The third kappa shape index (κ3) is 8.44. The first kappa shape index (κ1) is 30.3.